The maximum Gasteiger partial charge on any atom is 0.260 e. The summed E-state index contributed by atoms with van der Waals surface area (Å²) in [6.07, 6.45) is 1.34. The van der Waals surface area contributed by atoms with E-state index in [2.05, 4.69) is 15.3 Å². The van der Waals surface area contributed by atoms with Crippen molar-refractivity contribution in [2.75, 3.05) is 0 Å². The number of fused-ring (bicyclic) bond motifs is 1. The lowest BCUT2D eigenvalue weighted by molar-refractivity contribution is 0.0949. The van der Waals surface area contributed by atoms with Crippen molar-refractivity contribution in [3.63, 3.8) is 0 Å². The third kappa shape index (κ3) is 2.47. The van der Waals surface area contributed by atoms with Gasteiger partial charge >= 0.3 is 0 Å². The summed E-state index contributed by atoms with van der Waals surface area (Å²) in [6, 6.07) is 3.64. The number of aromatic nitrogens is 2. The van der Waals surface area contributed by atoms with Gasteiger partial charge in [-0.15, -0.1) is 11.3 Å². The van der Waals surface area contributed by atoms with E-state index in [0.29, 0.717) is 21.5 Å². The van der Waals surface area contributed by atoms with Gasteiger partial charge in [0.25, 0.3) is 11.5 Å². The molecule has 7 heteroatoms. The number of carbonyl (C=O) groups excluding carboxylic acids is 1. The quantitative estimate of drug-likeness (QED) is 0.776. The zero-order chi connectivity index (χ0) is 15.0. The molecule has 3 aromatic heterocycles. The van der Waals surface area contributed by atoms with E-state index >= 15 is 0 Å². The number of nitrogens with zero attached hydrogens (tertiary/aromatic N) is 1. The molecule has 108 valence electrons. The largest absolute Gasteiger partial charge is 0.465 e. The summed E-state index contributed by atoms with van der Waals surface area (Å²) in [4.78, 5) is 32.2. The monoisotopic (exact) mass is 303 g/mol. The van der Waals surface area contributed by atoms with Gasteiger partial charge in [0.15, 0.2) is 0 Å². The van der Waals surface area contributed by atoms with Crippen molar-refractivity contribution in [3.8, 4) is 0 Å². The van der Waals surface area contributed by atoms with Crippen LogP contribution in [0.1, 0.15) is 26.8 Å². The van der Waals surface area contributed by atoms with Gasteiger partial charge < -0.3 is 14.7 Å². The highest BCUT2D eigenvalue weighted by Crippen LogP contribution is 2.26. The summed E-state index contributed by atoms with van der Waals surface area (Å²) >= 11 is 1.33. The number of aromatic amines is 1. The SMILES string of the molecule is Cc1ccc(CNC(=O)c2c(C)sc3nc[nH]c(=O)c23)o1. The Kier molecular flexibility index (Phi) is 3.34. The fourth-order valence-corrected chi connectivity index (χ4v) is 3.15. The minimum atomic E-state index is -0.302. The molecule has 0 aliphatic carbocycles. The number of rotatable bonds is 3. The maximum absolute atomic E-state index is 12.3. The van der Waals surface area contributed by atoms with Crippen LogP contribution in [0.5, 0.6) is 0 Å². The molecule has 0 fully saturated rings. The van der Waals surface area contributed by atoms with Crippen molar-refractivity contribution < 1.29 is 9.21 Å². The molecule has 0 saturated heterocycles. The van der Waals surface area contributed by atoms with Gasteiger partial charge in [-0.25, -0.2) is 4.98 Å². The first-order chi connectivity index (χ1) is 10.1. The predicted molar refractivity (Wildman–Crippen MR) is 79.6 cm³/mol. The van der Waals surface area contributed by atoms with Crippen molar-refractivity contribution in [1.82, 2.24) is 15.3 Å². The maximum atomic E-state index is 12.3. The molecule has 1 amide bonds. The van der Waals surface area contributed by atoms with Crippen molar-refractivity contribution in [1.29, 1.82) is 0 Å². The Morgan fingerprint density at radius 1 is 1.43 bits per heavy atom. The molecular formula is C14H13N3O3S. The number of thiophene rings is 1. The molecule has 0 aliphatic heterocycles. The van der Waals surface area contributed by atoms with Gasteiger partial charge in [-0.1, -0.05) is 0 Å². The number of H-pyrrole nitrogens is 1. The first-order valence-electron chi connectivity index (χ1n) is 6.36. The van der Waals surface area contributed by atoms with E-state index in [4.69, 9.17) is 4.42 Å². The molecule has 0 atom stereocenters. The highest BCUT2D eigenvalue weighted by Gasteiger charge is 2.19. The molecule has 3 heterocycles. The van der Waals surface area contributed by atoms with Gasteiger partial charge in [-0.05, 0) is 26.0 Å². The normalized spacial score (nSPS) is 11.0. The number of nitrogens with one attached hydrogen (secondary N) is 2. The van der Waals surface area contributed by atoms with Gasteiger partial charge in [0.2, 0.25) is 0 Å². The van der Waals surface area contributed by atoms with Gasteiger partial charge in [0.05, 0.1) is 23.8 Å². The Labute approximate surface area is 123 Å². The molecule has 0 spiro atoms. The fraction of sp³-hybridized carbons (Fsp3) is 0.214. The lowest BCUT2D eigenvalue weighted by Crippen LogP contribution is -2.24. The number of hydrogen-bond donors (Lipinski definition) is 2. The minimum Gasteiger partial charge on any atom is -0.465 e. The highest BCUT2D eigenvalue weighted by molar-refractivity contribution is 7.19. The molecule has 3 rings (SSSR count). The van der Waals surface area contributed by atoms with E-state index in [-0.39, 0.29) is 18.0 Å². The predicted octanol–water partition coefficient (Wildman–Crippen LogP) is 2.12. The van der Waals surface area contributed by atoms with Crippen LogP contribution in [0.2, 0.25) is 0 Å². The third-order valence-electron chi connectivity index (χ3n) is 3.12. The molecule has 21 heavy (non-hydrogen) atoms. The average molecular weight is 303 g/mol. The number of aryl methyl sites for hydroxylation is 2. The Hall–Kier alpha value is -2.41. The number of furan rings is 1. The Balaban J connectivity index is 1.91. The topological polar surface area (TPSA) is 88.0 Å². The highest BCUT2D eigenvalue weighted by atomic mass is 32.1. The van der Waals surface area contributed by atoms with E-state index in [1.165, 1.54) is 17.7 Å². The molecule has 0 radical (unpaired) electrons. The smallest absolute Gasteiger partial charge is 0.260 e. The summed E-state index contributed by atoms with van der Waals surface area (Å²) in [6.45, 7) is 3.92. The second kappa shape index (κ2) is 5.17. The Morgan fingerprint density at radius 2 is 2.24 bits per heavy atom. The van der Waals surface area contributed by atoms with Crippen molar-refractivity contribution >= 4 is 27.5 Å². The molecule has 0 aromatic carbocycles. The molecule has 3 aromatic rings. The Bertz CT molecular complexity index is 875. The van der Waals surface area contributed by atoms with E-state index < -0.39 is 0 Å². The van der Waals surface area contributed by atoms with E-state index in [1.54, 1.807) is 6.92 Å². The van der Waals surface area contributed by atoms with E-state index in [0.717, 1.165) is 10.6 Å². The summed E-state index contributed by atoms with van der Waals surface area (Å²) in [5.41, 5.74) is 0.0796. The zero-order valence-corrected chi connectivity index (χ0v) is 12.3. The zero-order valence-electron chi connectivity index (χ0n) is 11.5. The summed E-state index contributed by atoms with van der Waals surface area (Å²) in [7, 11) is 0. The van der Waals surface area contributed by atoms with Crippen LogP contribution in [-0.2, 0) is 6.54 Å². The average Bonchev–Trinajstić information content (AvgIpc) is 3.00. The first kappa shape index (κ1) is 13.6. The van der Waals surface area contributed by atoms with Gasteiger partial charge in [-0.2, -0.15) is 0 Å². The van der Waals surface area contributed by atoms with Crippen LogP contribution in [0.25, 0.3) is 10.2 Å². The summed E-state index contributed by atoms with van der Waals surface area (Å²) < 4.78 is 5.40. The lowest BCUT2D eigenvalue weighted by Gasteiger charge is -2.03. The molecule has 0 aliphatic rings. The molecule has 0 saturated carbocycles. The third-order valence-corrected chi connectivity index (χ3v) is 4.13. The van der Waals surface area contributed by atoms with Crippen LogP contribution >= 0.6 is 11.3 Å². The van der Waals surface area contributed by atoms with Crippen LogP contribution < -0.4 is 10.9 Å². The second-order valence-corrected chi connectivity index (χ2v) is 5.84. The van der Waals surface area contributed by atoms with E-state index in [9.17, 15) is 9.59 Å². The van der Waals surface area contributed by atoms with E-state index in [1.807, 2.05) is 19.1 Å². The number of hydrogen-bond acceptors (Lipinski definition) is 5. The van der Waals surface area contributed by atoms with Crippen LogP contribution in [0.15, 0.2) is 27.7 Å². The fourth-order valence-electron chi connectivity index (χ4n) is 2.16. The Morgan fingerprint density at radius 3 is 2.95 bits per heavy atom. The molecule has 0 unspecified atom stereocenters. The van der Waals surface area contributed by atoms with Crippen LogP contribution in [0.4, 0.5) is 0 Å². The van der Waals surface area contributed by atoms with Gasteiger partial charge in [0, 0.05) is 4.88 Å². The van der Waals surface area contributed by atoms with Crippen LogP contribution in [-0.4, -0.2) is 15.9 Å². The minimum absolute atomic E-state index is 0.279. The summed E-state index contributed by atoms with van der Waals surface area (Å²) in [5.74, 6) is 1.16. The molecule has 2 N–H and O–H groups in total. The second-order valence-electron chi connectivity index (χ2n) is 4.64. The molecule has 6 nitrogen and oxygen atoms in total. The van der Waals surface area contributed by atoms with Crippen LogP contribution in [0, 0.1) is 13.8 Å². The first-order valence-corrected chi connectivity index (χ1v) is 7.18. The van der Waals surface area contributed by atoms with Gasteiger partial charge in [-0.3, -0.25) is 9.59 Å². The number of amides is 1. The molecular weight excluding hydrogens is 290 g/mol. The van der Waals surface area contributed by atoms with Crippen LogP contribution in [0.3, 0.4) is 0 Å². The summed E-state index contributed by atoms with van der Waals surface area (Å²) in [5, 5.41) is 3.11. The lowest BCUT2D eigenvalue weighted by atomic mass is 10.2. The number of carbonyl (C=O) groups is 1. The van der Waals surface area contributed by atoms with Gasteiger partial charge in [0.1, 0.15) is 16.4 Å². The van der Waals surface area contributed by atoms with Crippen molar-refractivity contribution in [2.24, 2.45) is 0 Å². The van der Waals surface area contributed by atoms with Crippen molar-refractivity contribution in [3.05, 3.63) is 50.8 Å². The standard InChI is InChI=1S/C14H13N3O3S/c1-7-3-4-9(20-7)5-15-12(18)10-8(2)21-14-11(10)13(19)16-6-17-14/h3-4,6H,5H2,1-2H3,(H,15,18)(H,16,17,19). The van der Waals surface area contributed by atoms with Crippen molar-refractivity contribution in [2.45, 2.75) is 20.4 Å². The molecule has 0 bridgehead atoms.